The van der Waals surface area contributed by atoms with Crippen LogP contribution in [0.15, 0.2) is 65.3 Å². The van der Waals surface area contributed by atoms with E-state index in [0.29, 0.717) is 34.2 Å². The van der Waals surface area contributed by atoms with Crippen molar-refractivity contribution in [3.63, 3.8) is 0 Å². The van der Waals surface area contributed by atoms with E-state index in [2.05, 4.69) is 25.6 Å². The van der Waals surface area contributed by atoms with Crippen LogP contribution in [-0.2, 0) is 0 Å². The molecule has 7 heteroatoms. The zero-order valence-electron chi connectivity index (χ0n) is 13.9. The number of amides is 1. The average Bonchev–Trinajstić information content (AvgIpc) is 3.02. The van der Waals surface area contributed by atoms with Crippen LogP contribution < -0.4 is 10.6 Å². The van der Waals surface area contributed by atoms with Crippen LogP contribution in [-0.4, -0.2) is 20.9 Å². The van der Waals surface area contributed by atoms with Crippen molar-refractivity contribution in [2.24, 2.45) is 0 Å². The fourth-order valence-corrected chi connectivity index (χ4v) is 2.55. The van der Waals surface area contributed by atoms with Crippen molar-refractivity contribution in [1.29, 1.82) is 0 Å². The molecule has 2 heterocycles. The quantitative estimate of drug-likeness (QED) is 0.582. The van der Waals surface area contributed by atoms with Crippen molar-refractivity contribution in [1.82, 2.24) is 15.0 Å². The van der Waals surface area contributed by atoms with E-state index in [1.165, 1.54) is 0 Å². The van der Waals surface area contributed by atoms with Crippen molar-refractivity contribution in [2.75, 3.05) is 10.6 Å². The van der Waals surface area contributed by atoms with Crippen molar-refractivity contribution < 1.29 is 9.21 Å². The first-order valence-electron chi connectivity index (χ1n) is 8.00. The van der Waals surface area contributed by atoms with E-state index >= 15 is 0 Å². The van der Waals surface area contributed by atoms with Crippen LogP contribution in [0.1, 0.15) is 16.2 Å². The molecular weight excluding hydrogens is 330 g/mol. The summed E-state index contributed by atoms with van der Waals surface area (Å²) in [5.74, 6) is 0.837. The highest BCUT2D eigenvalue weighted by molar-refractivity contribution is 6.05. The molecule has 0 fully saturated rings. The molecule has 4 rings (SSSR count). The smallest absolute Gasteiger partial charge is 0.255 e. The Morgan fingerprint density at radius 3 is 2.69 bits per heavy atom. The van der Waals surface area contributed by atoms with Gasteiger partial charge in [0.05, 0.1) is 0 Å². The zero-order valence-corrected chi connectivity index (χ0v) is 13.9. The van der Waals surface area contributed by atoms with Gasteiger partial charge < -0.3 is 15.1 Å². The topological polar surface area (TPSA) is 92.9 Å². The summed E-state index contributed by atoms with van der Waals surface area (Å²) in [5.41, 5.74) is 3.29. The SMILES string of the molecule is Cc1nc2cc(NC(=O)c3cccc(Nc4ncccn4)c3)ccc2o1. The van der Waals surface area contributed by atoms with Gasteiger partial charge in [-0.2, -0.15) is 0 Å². The third kappa shape index (κ3) is 3.36. The van der Waals surface area contributed by atoms with E-state index in [1.807, 2.05) is 6.07 Å². The number of carbonyl (C=O) groups is 1. The highest BCUT2D eigenvalue weighted by atomic mass is 16.3. The lowest BCUT2D eigenvalue weighted by atomic mass is 10.2. The van der Waals surface area contributed by atoms with Crippen LogP contribution in [0.3, 0.4) is 0 Å². The van der Waals surface area contributed by atoms with E-state index < -0.39 is 0 Å². The Labute approximate surface area is 149 Å². The van der Waals surface area contributed by atoms with Gasteiger partial charge in [-0.05, 0) is 42.5 Å². The molecule has 0 radical (unpaired) electrons. The molecule has 0 aliphatic rings. The molecule has 0 atom stereocenters. The second kappa shape index (κ2) is 6.64. The molecule has 0 saturated heterocycles. The third-order valence-electron chi connectivity index (χ3n) is 3.70. The van der Waals surface area contributed by atoms with Crippen LogP contribution in [0.25, 0.3) is 11.1 Å². The van der Waals surface area contributed by atoms with Crippen LogP contribution >= 0.6 is 0 Å². The van der Waals surface area contributed by atoms with Crippen molar-refractivity contribution >= 4 is 34.3 Å². The van der Waals surface area contributed by atoms with E-state index in [1.54, 1.807) is 61.8 Å². The first-order valence-corrected chi connectivity index (χ1v) is 8.00. The zero-order chi connectivity index (χ0) is 17.9. The van der Waals surface area contributed by atoms with Gasteiger partial charge in [0.25, 0.3) is 5.91 Å². The number of benzene rings is 2. The van der Waals surface area contributed by atoms with Crippen LogP contribution in [0, 0.1) is 6.92 Å². The third-order valence-corrected chi connectivity index (χ3v) is 3.70. The van der Waals surface area contributed by atoms with E-state index in [9.17, 15) is 4.79 Å². The van der Waals surface area contributed by atoms with Crippen molar-refractivity contribution in [3.05, 3.63) is 72.4 Å². The van der Waals surface area contributed by atoms with Crippen LogP contribution in [0.5, 0.6) is 0 Å². The number of carbonyl (C=O) groups excluding carboxylic acids is 1. The molecule has 2 aromatic heterocycles. The number of anilines is 3. The predicted molar refractivity (Wildman–Crippen MR) is 98.5 cm³/mol. The summed E-state index contributed by atoms with van der Waals surface area (Å²) in [5, 5.41) is 5.94. The Balaban J connectivity index is 1.52. The highest BCUT2D eigenvalue weighted by Gasteiger charge is 2.09. The van der Waals surface area contributed by atoms with Gasteiger partial charge in [-0.25, -0.2) is 15.0 Å². The number of oxazole rings is 1. The molecule has 4 aromatic rings. The van der Waals surface area contributed by atoms with E-state index in [4.69, 9.17) is 4.42 Å². The summed E-state index contributed by atoms with van der Waals surface area (Å²) in [4.78, 5) is 25.0. The number of aryl methyl sites for hydroxylation is 1. The number of hydrogen-bond acceptors (Lipinski definition) is 6. The summed E-state index contributed by atoms with van der Waals surface area (Å²) >= 11 is 0. The number of fused-ring (bicyclic) bond motifs is 1. The van der Waals surface area contributed by atoms with E-state index in [0.717, 1.165) is 5.69 Å². The van der Waals surface area contributed by atoms with Crippen LogP contribution in [0.2, 0.25) is 0 Å². The molecule has 7 nitrogen and oxygen atoms in total. The van der Waals surface area contributed by atoms with Gasteiger partial charge >= 0.3 is 0 Å². The average molecular weight is 345 g/mol. The normalized spacial score (nSPS) is 10.7. The van der Waals surface area contributed by atoms with Crippen molar-refractivity contribution in [2.45, 2.75) is 6.92 Å². The molecule has 2 N–H and O–H groups in total. The fourth-order valence-electron chi connectivity index (χ4n) is 2.55. The molecule has 2 aromatic carbocycles. The molecule has 26 heavy (non-hydrogen) atoms. The predicted octanol–water partition coefficient (Wildman–Crippen LogP) is 3.92. The summed E-state index contributed by atoms with van der Waals surface area (Å²) in [6.45, 7) is 1.78. The maximum Gasteiger partial charge on any atom is 0.255 e. The summed E-state index contributed by atoms with van der Waals surface area (Å²) in [6.07, 6.45) is 3.29. The lowest BCUT2D eigenvalue weighted by molar-refractivity contribution is 0.102. The lowest BCUT2D eigenvalue weighted by Crippen LogP contribution is -2.12. The minimum atomic E-state index is -0.220. The first kappa shape index (κ1) is 15.8. The van der Waals surface area contributed by atoms with Gasteiger partial charge in [0.2, 0.25) is 5.95 Å². The lowest BCUT2D eigenvalue weighted by Gasteiger charge is -2.08. The Bertz CT molecular complexity index is 1080. The number of rotatable bonds is 4. The van der Waals surface area contributed by atoms with Crippen LogP contribution in [0.4, 0.5) is 17.3 Å². The summed E-state index contributed by atoms with van der Waals surface area (Å²) < 4.78 is 5.44. The monoisotopic (exact) mass is 345 g/mol. The Hall–Kier alpha value is -3.74. The molecule has 1 amide bonds. The Morgan fingerprint density at radius 1 is 1.00 bits per heavy atom. The van der Waals surface area contributed by atoms with E-state index in [-0.39, 0.29) is 5.91 Å². The van der Waals surface area contributed by atoms with Gasteiger partial charge in [0.1, 0.15) is 5.52 Å². The molecular formula is C19H15N5O2. The maximum absolute atomic E-state index is 12.5. The molecule has 0 saturated carbocycles. The Kier molecular flexibility index (Phi) is 4.03. The summed E-state index contributed by atoms with van der Waals surface area (Å²) in [7, 11) is 0. The van der Waals surface area contributed by atoms with Gasteiger partial charge in [-0.1, -0.05) is 6.07 Å². The number of aromatic nitrogens is 3. The largest absolute Gasteiger partial charge is 0.441 e. The molecule has 0 spiro atoms. The van der Waals surface area contributed by atoms with Crippen molar-refractivity contribution in [3.8, 4) is 0 Å². The summed E-state index contributed by atoms with van der Waals surface area (Å²) in [6, 6.07) is 14.2. The minimum Gasteiger partial charge on any atom is -0.441 e. The highest BCUT2D eigenvalue weighted by Crippen LogP contribution is 2.21. The first-order chi connectivity index (χ1) is 12.7. The standard InChI is InChI=1S/C19H15N5O2/c1-12-22-16-11-15(6-7-17(16)26-12)23-18(25)13-4-2-5-14(10-13)24-19-20-8-3-9-21-19/h2-11H,1H3,(H,23,25)(H,20,21,24). The number of hydrogen-bond donors (Lipinski definition) is 2. The molecule has 0 aliphatic carbocycles. The van der Waals surface area contributed by atoms with Gasteiger partial charge in [0.15, 0.2) is 11.5 Å². The second-order valence-electron chi connectivity index (χ2n) is 5.65. The minimum absolute atomic E-state index is 0.220. The molecule has 0 unspecified atom stereocenters. The Morgan fingerprint density at radius 2 is 1.85 bits per heavy atom. The number of nitrogens with zero attached hydrogens (tertiary/aromatic N) is 3. The molecule has 0 bridgehead atoms. The molecule has 128 valence electrons. The second-order valence-corrected chi connectivity index (χ2v) is 5.65. The molecule has 0 aliphatic heterocycles. The maximum atomic E-state index is 12.5. The fraction of sp³-hybridized carbons (Fsp3) is 0.0526. The van der Waals surface area contributed by atoms with Gasteiger partial charge in [-0.3, -0.25) is 4.79 Å². The van der Waals surface area contributed by atoms with Gasteiger partial charge in [0, 0.05) is 36.3 Å². The van der Waals surface area contributed by atoms with Gasteiger partial charge in [-0.15, -0.1) is 0 Å². The number of nitrogens with one attached hydrogen (secondary N) is 2.